The molecular weight excluding hydrogens is 178 g/mol. The van der Waals surface area contributed by atoms with E-state index in [-0.39, 0.29) is 17.5 Å². The number of hydrogen-bond donors (Lipinski definition) is 2. The Kier molecular flexibility index (Phi) is 1.89. The van der Waals surface area contributed by atoms with Gasteiger partial charge in [-0.05, 0) is 12.8 Å². The summed E-state index contributed by atoms with van der Waals surface area (Å²) in [6.07, 6.45) is 1.53. The van der Waals surface area contributed by atoms with Crippen molar-refractivity contribution in [3.05, 3.63) is 0 Å². The fourth-order valence-electron chi connectivity index (χ4n) is 1.54. The molecule has 4 nitrogen and oxygen atoms in total. The molecule has 1 saturated carbocycles. The Morgan fingerprint density at radius 3 is 2.33 bits per heavy atom. The highest BCUT2D eigenvalue weighted by atomic mass is 32.2. The van der Waals surface area contributed by atoms with Crippen molar-refractivity contribution in [2.75, 3.05) is 11.5 Å². The summed E-state index contributed by atoms with van der Waals surface area (Å²) in [4.78, 5) is 0. The SMILES string of the molecule is O=S1(=O)C[C@@H](O)[C@H](NC2CC2)C1. The van der Waals surface area contributed by atoms with E-state index >= 15 is 0 Å². The summed E-state index contributed by atoms with van der Waals surface area (Å²) < 4.78 is 22.1. The van der Waals surface area contributed by atoms with E-state index in [0.717, 1.165) is 12.8 Å². The number of hydrogen-bond acceptors (Lipinski definition) is 4. The van der Waals surface area contributed by atoms with Crippen LogP contribution < -0.4 is 5.32 Å². The van der Waals surface area contributed by atoms with E-state index in [0.29, 0.717) is 6.04 Å². The van der Waals surface area contributed by atoms with Crippen LogP contribution in [0.5, 0.6) is 0 Å². The van der Waals surface area contributed by atoms with Gasteiger partial charge in [-0.15, -0.1) is 0 Å². The lowest BCUT2D eigenvalue weighted by atomic mass is 10.2. The molecule has 0 spiro atoms. The van der Waals surface area contributed by atoms with Gasteiger partial charge in [0.25, 0.3) is 0 Å². The molecule has 5 heteroatoms. The number of aliphatic hydroxyl groups is 1. The molecule has 0 radical (unpaired) electrons. The monoisotopic (exact) mass is 191 g/mol. The molecule has 2 aliphatic rings. The summed E-state index contributed by atoms with van der Waals surface area (Å²) in [5.41, 5.74) is 0. The Hall–Kier alpha value is -0.130. The van der Waals surface area contributed by atoms with Gasteiger partial charge in [0.1, 0.15) is 0 Å². The molecule has 0 bridgehead atoms. The smallest absolute Gasteiger partial charge is 0.154 e. The topological polar surface area (TPSA) is 66.4 Å². The Bertz CT molecular complexity index is 270. The fourth-order valence-corrected chi connectivity index (χ4v) is 3.30. The summed E-state index contributed by atoms with van der Waals surface area (Å²) in [5.74, 6) is 0.0298. The van der Waals surface area contributed by atoms with Crippen LogP contribution in [0.1, 0.15) is 12.8 Å². The number of rotatable bonds is 2. The van der Waals surface area contributed by atoms with Crippen molar-refractivity contribution in [2.45, 2.75) is 31.0 Å². The van der Waals surface area contributed by atoms with Crippen LogP contribution in [0.3, 0.4) is 0 Å². The van der Waals surface area contributed by atoms with Gasteiger partial charge in [0.05, 0.1) is 17.6 Å². The number of sulfone groups is 1. The van der Waals surface area contributed by atoms with Crippen LogP contribution in [0.25, 0.3) is 0 Å². The fraction of sp³-hybridized carbons (Fsp3) is 1.00. The lowest BCUT2D eigenvalue weighted by Gasteiger charge is -2.13. The zero-order valence-electron chi connectivity index (χ0n) is 6.73. The molecule has 0 aromatic carbocycles. The van der Waals surface area contributed by atoms with Gasteiger partial charge in [-0.3, -0.25) is 0 Å². The summed E-state index contributed by atoms with van der Waals surface area (Å²) in [6.45, 7) is 0. The molecule has 2 rings (SSSR count). The summed E-state index contributed by atoms with van der Waals surface area (Å²) in [6, 6.07) is 0.237. The lowest BCUT2D eigenvalue weighted by molar-refractivity contribution is 0.165. The third kappa shape index (κ3) is 1.78. The lowest BCUT2D eigenvalue weighted by Crippen LogP contribution is -2.40. The second kappa shape index (κ2) is 2.68. The van der Waals surface area contributed by atoms with Crippen molar-refractivity contribution in [3.8, 4) is 0 Å². The average Bonchev–Trinajstić information content (AvgIpc) is 2.63. The minimum atomic E-state index is -2.98. The van der Waals surface area contributed by atoms with E-state index in [2.05, 4.69) is 5.32 Å². The minimum Gasteiger partial charge on any atom is -0.390 e. The summed E-state index contributed by atoms with van der Waals surface area (Å²) in [5, 5.41) is 12.5. The van der Waals surface area contributed by atoms with Crippen LogP contribution in [0.4, 0.5) is 0 Å². The van der Waals surface area contributed by atoms with Crippen LogP contribution in [0.15, 0.2) is 0 Å². The molecule has 2 N–H and O–H groups in total. The third-order valence-corrected chi connectivity index (χ3v) is 4.07. The molecule has 0 aromatic rings. The first-order valence-corrected chi connectivity index (χ1v) is 6.03. The molecule has 0 amide bonds. The Morgan fingerprint density at radius 2 is 1.92 bits per heavy atom. The molecule has 2 atom stereocenters. The second-order valence-corrected chi connectivity index (χ2v) is 5.85. The zero-order chi connectivity index (χ0) is 8.77. The van der Waals surface area contributed by atoms with Gasteiger partial charge < -0.3 is 10.4 Å². The molecule has 2 fully saturated rings. The molecular formula is C7H13NO3S. The maximum Gasteiger partial charge on any atom is 0.154 e. The van der Waals surface area contributed by atoms with Crippen molar-refractivity contribution >= 4 is 9.84 Å². The van der Waals surface area contributed by atoms with Gasteiger partial charge in [-0.1, -0.05) is 0 Å². The predicted octanol–water partition coefficient (Wildman–Crippen LogP) is -1.10. The van der Waals surface area contributed by atoms with Crippen molar-refractivity contribution in [1.82, 2.24) is 5.32 Å². The van der Waals surface area contributed by atoms with E-state index in [1.54, 1.807) is 0 Å². The summed E-state index contributed by atoms with van der Waals surface area (Å²) in [7, 11) is -2.98. The maximum absolute atomic E-state index is 11.1. The van der Waals surface area contributed by atoms with Gasteiger partial charge in [0, 0.05) is 12.1 Å². The molecule has 0 aromatic heterocycles. The van der Waals surface area contributed by atoms with E-state index < -0.39 is 15.9 Å². The highest BCUT2D eigenvalue weighted by Crippen LogP contribution is 2.22. The van der Waals surface area contributed by atoms with E-state index in [1.165, 1.54) is 0 Å². The predicted molar refractivity (Wildman–Crippen MR) is 44.6 cm³/mol. The van der Waals surface area contributed by atoms with Gasteiger partial charge in [-0.25, -0.2) is 8.42 Å². The van der Waals surface area contributed by atoms with E-state index in [9.17, 15) is 13.5 Å². The number of aliphatic hydroxyl groups excluding tert-OH is 1. The highest BCUT2D eigenvalue weighted by molar-refractivity contribution is 7.91. The normalized spacial score (nSPS) is 40.1. The Morgan fingerprint density at radius 1 is 1.25 bits per heavy atom. The van der Waals surface area contributed by atoms with Gasteiger partial charge >= 0.3 is 0 Å². The van der Waals surface area contributed by atoms with Crippen molar-refractivity contribution < 1.29 is 13.5 Å². The van der Waals surface area contributed by atoms with E-state index in [4.69, 9.17) is 0 Å². The molecule has 1 saturated heterocycles. The van der Waals surface area contributed by atoms with Gasteiger partial charge in [0.15, 0.2) is 9.84 Å². The van der Waals surface area contributed by atoms with Gasteiger partial charge in [-0.2, -0.15) is 0 Å². The largest absolute Gasteiger partial charge is 0.390 e. The first-order chi connectivity index (χ1) is 5.57. The molecule has 1 heterocycles. The van der Waals surface area contributed by atoms with Crippen molar-refractivity contribution in [1.29, 1.82) is 0 Å². The molecule has 0 unspecified atom stereocenters. The van der Waals surface area contributed by atoms with Crippen molar-refractivity contribution in [3.63, 3.8) is 0 Å². The van der Waals surface area contributed by atoms with Crippen LogP contribution in [0.2, 0.25) is 0 Å². The van der Waals surface area contributed by atoms with Crippen LogP contribution in [-0.2, 0) is 9.84 Å². The Balaban J connectivity index is 1.98. The third-order valence-electron chi connectivity index (χ3n) is 2.35. The standard InChI is InChI=1S/C7H13NO3S/c9-7-4-12(10,11)3-6(7)8-5-1-2-5/h5-9H,1-4H2/t6-,7-/m1/s1. The van der Waals surface area contributed by atoms with Crippen LogP contribution in [0, 0.1) is 0 Å². The first-order valence-electron chi connectivity index (χ1n) is 4.21. The molecule has 70 valence electrons. The average molecular weight is 191 g/mol. The second-order valence-electron chi connectivity index (χ2n) is 3.69. The van der Waals surface area contributed by atoms with Crippen LogP contribution in [-0.4, -0.2) is 43.2 Å². The quantitative estimate of drug-likeness (QED) is 0.581. The van der Waals surface area contributed by atoms with E-state index in [1.807, 2.05) is 0 Å². The minimum absolute atomic E-state index is 0.0720. The van der Waals surface area contributed by atoms with Crippen LogP contribution >= 0.6 is 0 Å². The van der Waals surface area contributed by atoms with Crippen molar-refractivity contribution in [2.24, 2.45) is 0 Å². The Labute approximate surface area is 71.9 Å². The molecule has 12 heavy (non-hydrogen) atoms. The first kappa shape index (κ1) is 8.47. The zero-order valence-corrected chi connectivity index (χ0v) is 7.55. The summed E-state index contributed by atoms with van der Waals surface area (Å²) >= 11 is 0. The molecule has 1 aliphatic carbocycles. The molecule has 1 aliphatic heterocycles. The maximum atomic E-state index is 11.1. The van der Waals surface area contributed by atoms with Gasteiger partial charge in [0.2, 0.25) is 0 Å². The highest BCUT2D eigenvalue weighted by Gasteiger charge is 2.38. The number of nitrogens with one attached hydrogen (secondary N) is 1.